The lowest BCUT2D eigenvalue weighted by Crippen LogP contribution is -2.30. The van der Waals surface area contributed by atoms with Gasteiger partial charge in [0.15, 0.2) is 5.49 Å². The number of nitrogens with zero attached hydrogens (tertiary/aromatic N) is 5. The minimum Gasteiger partial charge on any atom is -0.385 e. The highest BCUT2D eigenvalue weighted by Crippen LogP contribution is 2.22. The van der Waals surface area contributed by atoms with Gasteiger partial charge in [-0.15, -0.1) is 0 Å². The van der Waals surface area contributed by atoms with Crippen molar-refractivity contribution in [1.29, 1.82) is 5.26 Å². The quantitative estimate of drug-likeness (QED) is 0.316. The van der Waals surface area contributed by atoms with Crippen LogP contribution in [-0.2, 0) is 16.7 Å². The highest BCUT2D eigenvalue weighted by Gasteiger charge is 2.17. The molecule has 4 rings (SSSR count). The Labute approximate surface area is 209 Å². The van der Waals surface area contributed by atoms with E-state index in [1.165, 1.54) is 10.5 Å². The topological polar surface area (TPSA) is 102 Å². The first kappa shape index (κ1) is 25.0. The Morgan fingerprint density at radius 3 is 2.53 bits per heavy atom. The van der Waals surface area contributed by atoms with Crippen LogP contribution in [0, 0.1) is 18.3 Å². The second kappa shape index (κ2) is 9.88. The van der Waals surface area contributed by atoms with Gasteiger partial charge in [0.1, 0.15) is 17.4 Å². The highest BCUT2D eigenvalue weighted by atomic mass is 16.5. The molecule has 4 aromatic rings. The summed E-state index contributed by atoms with van der Waals surface area (Å²) in [6, 6.07) is 14.6. The Kier molecular flexibility index (Phi) is 6.86. The van der Waals surface area contributed by atoms with Gasteiger partial charge in [-0.25, -0.2) is 4.98 Å². The molecule has 0 fully saturated rings. The Morgan fingerprint density at radius 1 is 1.17 bits per heavy atom. The maximum absolute atomic E-state index is 13.3. The van der Waals surface area contributed by atoms with Crippen molar-refractivity contribution in [2.24, 2.45) is 4.99 Å². The summed E-state index contributed by atoms with van der Waals surface area (Å²) in [4.78, 5) is 35.7. The maximum atomic E-state index is 13.3. The molecular weight excluding hydrogens is 454 g/mol. The summed E-state index contributed by atoms with van der Waals surface area (Å²) >= 11 is 0. The molecule has 1 aromatic carbocycles. The fraction of sp³-hybridized carbons (Fsp3) is 0.321. The van der Waals surface area contributed by atoms with E-state index >= 15 is 0 Å². The van der Waals surface area contributed by atoms with Gasteiger partial charge in [0, 0.05) is 32.0 Å². The van der Waals surface area contributed by atoms with Crippen molar-refractivity contribution in [2.45, 2.75) is 46.1 Å². The van der Waals surface area contributed by atoms with Gasteiger partial charge in [-0.3, -0.25) is 14.0 Å². The van der Waals surface area contributed by atoms with Gasteiger partial charge in [0.25, 0.3) is 11.5 Å². The number of amides is 1. The highest BCUT2D eigenvalue weighted by molar-refractivity contribution is 5.95. The van der Waals surface area contributed by atoms with E-state index in [-0.39, 0.29) is 27.4 Å². The lowest BCUT2D eigenvalue weighted by atomic mass is 9.87. The molecule has 0 unspecified atom stereocenters. The van der Waals surface area contributed by atoms with Crippen LogP contribution in [0.4, 0.5) is 0 Å². The zero-order valence-corrected chi connectivity index (χ0v) is 21.2. The summed E-state index contributed by atoms with van der Waals surface area (Å²) in [5.74, 6) is -0.472. The van der Waals surface area contributed by atoms with Crippen LogP contribution >= 0.6 is 0 Å². The van der Waals surface area contributed by atoms with Gasteiger partial charge in [-0.05, 0) is 54.2 Å². The summed E-state index contributed by atoms with van der Waals surface area (Å²) in [5, 5.41) is 10.2. The van der Waals surface area contributed by atoms with Crippen LogP contribution in [-0.4, -0.2) is 33.6 Å². The van der Waals surface area contributed by atoms with Crippen molar-refractivity contribution in [3.8, 4) is 6.07 Å². The summed E-state index contributed by atoms with van der Waals surface area (Å²) in [7, 11) is 1.60. The predicted octanol–water partition coefficient (Wildman–Crippen LogP) is 3.90. The van der Waals surface area contributed by atoms with Crippen LogP contribution in [0.1, 0.15) is 54.2 Å². The molecule has 3 aromatic heterocycles. The Balaban J connectivity index is 1.99. The molecule has 8 heteroatoms. The Morgan fingerprint density at radius 2 is 1.89 bits per heavy atom. The van der Waals surface area contributed by atoms with Crippen LogP contribution in [0.25, 0.3) is 16.7 Å². The predicted molar refractivity (Wildman–Crippen MR) is 138 cm³/mol. The summed E-state index contributed by atoms with van der Waals surface area (Å²) in [5.41, 5.74) is 3.21. The number of hydrogen-bond donors (Lipinski definition) is 0. The molecule has 0 radical (unpaired) electrons. The number of carbonyl (C=O) groups excluding carboxylic acids is 1. The number of fused-ring (bicyclic) bond motifs is 2. The molecule has 0 N–H and O–H groups in total. The standard InChI is InChI=1S/C28H29N5O3/c1-18-8-6-13-33-23(18)30-25-22(27(33)35)16-20(17-29)24(32(25)14-7-15-36-5)31-26(34)19-9-11-21(12-10-19)28(2,3)4/h6,8-13,16H,7,14-15H2,1-5H3. The number of ether oxygens (including phenoxy) is 1. The first-order valence-electron chi connectivity index (χ1n) is 11.8. The van der Waals surface area contributed by atoms with E-state index in [1.807, 2.05) is 25.1 Å². The zero-order chi connectivity index (χ0) is 26.0. The second-order valence-electron chi connectivity index (χ2n) is 9.77. The third kappa shape index (κ3) is 4.70. The second-order valence-corrected chi connectivity index (χ2v) is 9.77. The van der Waals surface area contributed by atoms with E-state index in [9.17, 15) is 14.9 Å². The summed E-state index contributed by atoms with van der Waals surface area (Å²) < 4.78 is 8.36. The lowest BCUT2D eigenvalue weighted by molar-refractivity contribution is 0.0997. The number of carbonyl (C=O) groups is 1. The van der Waals surface area contributed by atoms with E-state index < -0.39 is 5.91 Å². The molecule has 0 bridgehead atoms. The summed E-state index contributed by atoms with van der Waals surface area (Å²) in [6.45, 7) is 9.01. The molecule has 3 heterocycles. The van der Waals surface area contributed by atoms with Crippen LogP contribution in [0.3, 0.4) is 0 Å². The molecular formula is C28H29N5O3. The number of aryl methyl sites for hydroxylation is 2. The van der Waals surface area contributed by atoms with Crippen LogP contribution in [0.2, 0.25) is 0 Å². The lowest BCUT2D eigenvalue weighted by Gasteiger charge is -2.18. The number of aromatic nitrogens is 3. The fourth-order valence-electron chi connectivity index (χ4n) is 4.14. The van der Waals surface area contributed by atoms with Crippen molar-refractivity contribution in [3.05, 3.63) is 86.8 Å². The number of methoxy groups -OCH3 is 1. The third-order valence-electron chi connectivity index (χ3n) is 6.16. The average Bonchev–Trinajstić information content (AvgIpc) is 2.85. The largest absolute Gasteiger partial charge is 0.385 e. The summed E-state index contributed by atoms with van der Waals surface area (Å²) in [6.07, 6.45) is 2.23. The number of rotatable bonds is 5. The van der Waals surface area contributed by atoms with Crippen molar-refractivity contribution in [1.82, 2.24) is 14.0 Å². The molecule has 0 saturated heterocycles. The number of nitriles is 1. The molecule has 36 heavy (non-hydrogen) atoms. The van der Waals surface area contributed by atoms with Gasteiger partial charge in [0.2, 0.25) is 0 Å². The first-order chi connectivity index (χ1) is 17.2. The molecule has 0 aliphatic carbocycles. The van der Waals surface area contributed by atoms with Crippen molar-refractivity contribution < 1.29 is 9.53 Å². The minimum atomic E-state index is -0.472. The van der Waals surface area contributed by atoms with E-state index in [0.717, 1.165) is 11.1 Å². The Bertz CT molecular complexity index is 1630. The van der Waals surface area contributed by atoms with E-state index in [4.69, 9.17) is 9.72 Å². The monoisotopic (exact) mass is 483 g/mol. The molecule has 0 spiro atoms. The first-order valence-corrected chi connectivity index (χ1v) is 11.8. The van der Waals surface area contributed by atoms with Gasteiger partial charge in [-0.2, -0.15) is 10.3 Å². The Hall–Kier alpha value is -4.09. The van der Waals surface area contributed by atoms with Crippen LogP contribution < -0.4 is 11.0 Å². The maximum Gasteiger partial charge on any atom is 0.278 e. The van der Waals surface area contributed by atoms with Gasteiger partial charge in [0.05, 0.1) is 10.9 Å². The molecule has 8 nitrogen and oxygen atoms in total. The number of hydrogen-bond acceptors (Lipinski definition) is 5. The smallest absolute Gasteiger partial charge is 0.278 e. The molecule has 184 valence electrons. The molecule has 0 saturated carbocycles. The van der Waals surface area contributed by atoms with Crippen molar-refractivity contribution in [2.75, 3.05) is 13.7 Å². The molecule has 0 aliphatic rings. The minimum absolute atomic E-state index is 0.0456. The van der Waals surface area contributed by atoms with E-state index in [1.54, 1.807) is 36.1 Å². The number of pyridine rings is 2. The average molecular weight is 484 g/mol. The van der Waals surface area contributed by atoms with Crippen LogP contribution in [0.5, 0.6) is 0 Å². The SMILES string of the molecule is COCCCn1c(=NC(=O)c2ccc(C(C)(C)C)cc2)c(C#N)cc2c(=O)n3cccc(C)c3nc21. The van der Waals surface area contributed by atoms with Crippen molar-refractivity contribution in [3.63, 3.8) is 0 Å². The van der Waals surface area contributed by atoms with Crippen LogP contribution in [0.15, 0.2) is 58.4 Å². The van der Waals surface area contributed by atoms with E-state index in [2.05, 4.69) is 31.8 Å². The number of benzene rings is 1. The fourth-order valence-corrected chi connectivity index (χ4v) is 4.14. The molecule has 0 atom stereocenters. The normalized spacial score (nSPS) is 12.3. The van der Waals surface area contributed by atoms with E-state index in [0.29, 0.717) is 36.4 Å². The van der Waals surface area contributed by atoms with Gasteiger partial charge < -0.3 is 9.30 Å². The molecule has 1 amide bonds. The van der Waals surface area contributed by atoms with Gasteiger partial charge >= 0.3 is 0 Å². The van der Waals surface area contributed by atoms with Crippen molar-refractivity contribution >= 4 is 22.6 Å². The van der Waals surface area contributed by atoms with Gasteiger partial charge in [-0.1, -0.05) is 39.0 Å². The zero-order valence-electron chi connectivity index (χ0n) is 21.2. The molecule has 0 aliphatic heterocycles. The third-order valence-corrected chi connectivity index (χ3v) is 6.16.